The number of hydrogen-bond acceptors (Lipinski definition) is 7. The monoisotopic (exact) mass is 420 g/mol. The highest BCUT2D eigenvalue weighted by atomic mass is 16.6. The van der Waals surface area contributed by atoms with Gasteiger partial charge in [0.25, 0.3) is 11.6 Å². The van der Waals surface area contributed by atoms with E-state index in [1.54, 1.807) is 13.8 Å². The van der Waals surface area contributed by atoms with E-state index in [4.69, 9.17) is 4.74 Å². The van der Waals surface area contributed by atoms with Crippen molar-refractivity contribution in [3.05, 3.63) is 33.9 Å². The lowest BCUT2D eigenvalue weighted by atomic mass is 9.98. The van der Waals surface area contributed by atoms with Crippen LogP contribution in [0, 0.1) is 16.0 Å². The van der Waals surface area contributed by atoms with Gasteiger partial charge in [0, 0.05) is 25.2 Å². The number of nitro groups is 1. The van der Waals surface area contributed by atoms with Crippen LogP contribution < -0.4 is 15.5 Å². The number of nitro benzene ring substituents is 1. The van der Waals surface area contributed by atoms with Crippen molar-refractivity contribution in [2.24, 2.45) is 5.92 Å². The van der Waals surface area contributed by atoms with E-state index < -0.39 is 28.9 Å². The van der Waals surface area contributed by atoms with Crippen molar-refractivity contribution in [1.82, 2.24) is 10.6 Å². The zero-order valence-electron chi connectivity index (χ0n) is 17.6. The molecular formula is C20H28N4O6. The molecule has 1 saturated heterocycles. The second-order valence-electron chi connectivity index (χ2n) is 7.80. The minimum Gasteiger partial charge on any atom is -0.449 e. The molecule has 0 aliphatic carbocycles. The van der Waals surface area contributed by atoms with E-state index in [1.165, 1.54) is 19.1 Å². The number of amides is 3. The van der Waals surface area contributed by atoms with Gasteiger partial charge < -0.3 is 15.0 Å². The highest BCUT2D eigenvalue weighted by Gasteiger charge is 2.26. The fourth-order valence-electron chi connectivity index (χ4n) is 3.11. The summed E-state index contributed by atoms with van der Waals surface area (Å²) in [7, 11) is 0. The van der Waals surface area contributed by atoms with Crippen molar-refractivity contribution in [1.29, 1.82) is 0 Å². The molecule has 0 bridgehead atoms. The van der Waals surface area contributed by atoms with Crippen molar-refractivity contribution in [3.8, 4) is 0 Å². The van der Waals surface area contributed by atoms with Gasteiger partial charge in [-0.1, -0.05) is 6.92 Å². The normalized spacial score (nSPS) is 15.4. The van der Waals surface area contributed by atoms with Gasteiger partial charge in [0.2, 0.25) is 0 Å². The fourth-order valence-corrected chi connectivity index (χ4v) is 3.11. The van der Waals surface area contributed by atoms with Crippen LogP contribution in [0.3, 0.4) is 0 Å². The summed E-state index contributed by atoms with van der Waals surface area (Å²) in [4.78, 5) is 48.9. The smallest absolute Gasteiger partial charge is 0.339 e. The molecule has 1 aliphatic rings. The number of carbonyl (C=O) groups excluding carboxylic acids is 3. The molecule has 1 atom stereocenters. The van der Waals surface area contributed by atoms with E-state index in [0.717, 1.165) is 18.9 Å². The van der Waals surface area contributed by atoms with E-state index in [9.17, 15) is 24.5 Å². The lowest BCUT2D eigenvalue weighted by Crippen LogP contribution is -2.46. The molecule has 2 N–H and O–H groups in total. The molecule has 3 amide bonds. The molecule has 0 spiro atoms. The van der Waals surface area contributed by atoms with Gasteiger partial charge >= 0.3 is 12.0 Å². The number of rotatable bonds is 6. The van der Waals surface area contributed by atoms with Crippen LogP contribution in [0.15, 0.2) is 18.2 Å². The molecule has 10 heteroatoms. The third-order valence-corrected chi connectivity index (χ3v) is 4.84. The first-order valence-corrected chi connectivity index (χ1v) is 9.94. The van der Waals surface area contributed by atoms with E-state index in [1.807, 2.05) is 4.90 Å². The maximum Gasteiger partial charge on any atom is 0.339 e. The number of imide groups is 1. The van der Waals surface area contributed by atoms with Crippen LogP contribution in [0.4, 0.5) is 16.2 Å². The largest absolute Gasteiger partial charge is 0.449 e. The third-order valence-electron chi connectivity index (χ3n) is 4.84. The molecule has 2 rings (SSSR count). The Hall–Kier alpha value is -3.17. The lowest BCUT2D eigenvalue weighted by molar-refractivity contribution is -0.384. The summed E-state index contributed by atoms with van der Waals surface area (Å²) in [5.41, 5.74) is 0.231. The summed E-state index contributed by atoms with van der Waals surface area (Å²) in [6.45, 7) is 8.34. The van der Waals surface area contributed by atoms with Crippen molar-refractivity contribution in [2.75, 3.05) is 18.0 Å². The maximum atomic E-state index is 12.4. The minimum atomic E-state index is -1.25. The Kier molecular flexibility index (Phi) is 7.73. The van der Waals surface area contributed by atoms with Gasteiger partial charge in [-0.15, -0.1) is 0 Å². The molecule has 0 saturated carbocycles. The Labute approximate surface area is 175 Å². The number of nitrogens with zero attached hydrogens (tertiary/aromatic N) is 2. The standard InChI is InChI=1S/C20H28N4O6/c1-12(2)21-20(27)22-18(25)14(4)30-19(26)15-5-6-16(17(11-15)24(28)29)23-9-7-13(3)8-10-23/h5-6,11-14H,7-10H2,1-4H3,(H2,21,22,25,27). The number of piperidine rings is 1. The Morgan fingerprint density at radius 3 is 2.40 bits per heavy atom. The summed E-state index contributed by atoms with van der Waals surface area (Å²) in [5, 5.41) is 16.1. The van der Waals surface area contributed by atoms with E-state index in [0.29, 0.717) is 24.7 Å². The second kappa shape index (κ2) is 10.0. The average Bonchev–Trinajstić information content (AvgIpc) is 2.67. The maximum absolute atomic E-state index is 12.4. The highest BCUT2D eigenvalue weighted by molar-refractivity contribution is 5.98. The first kappa shape index (κ1) is 23.1. The van der Waals surface area contributed by atoms with Crippen molar-refractivity contribution >= 4 is 29.3 Å². The molecule has 0 aromatic heterocycles. The topological polar surface area (TPSA) is 131 Å². The van der Waals surface area contributed by atoms with Gasteiger partial charge in [-0.25, -0.2) is 9.59 Å². The Morgan fingerprint density at radius 1 is 1.20 bits per heavy atom. The number of benzene rings is 1. The minimum absolute atomic E-state index is 0.0397. The number of carbonyl (C=O) groups is 3. The van der Waals surface area contributed by atoms with Crippen LogP contribution >= 0.6 is 0 Å². The highest BCUT2D eigenvalue weighted by Crippen LogP contribution is 2.32. The number of urea groups is 1. The van der Waals surface area contributed by atoms with Crippen LogP contribution in [0.2, 0.25) is 0 Å². The molecule has 1 heterocycles. The zero-order chi connectivity index (χ0) is 22.4. The first-order chi connectivity index (χ1) is 14.1. The van der Waals surface area contributed by atoms with Gasteiger partial charge in [0.15, 0.2) is 6.10 Å². The average molecular weight is 420 g/mol. The van der Waals surface area contributed by atoms with E-state index in [2.05, 4.69) is 17.6 Å². The molecule has 10 nitrogen and oxygen atoms in total. The predicted octanol–water partition coefficient (Wildman–Crippen LogP) is 2.61. The van der Waals surface area contributed by atoms with E-state index >= 15 is 0 Å². The lowest BCUT2D eigenvalue weighted by Gasteiger charge is -2.31. The summed E-state index contributed by atoms with van der Waals surface area (Å²) < 4.78 is 5.07. The Balaban J connectivity index is 2.08. The predicted molar refractivity (Wildman–Crippen MR) is 110 cm³/mol. The van der Waals surface area contributed by atoms with Gasteiger partial charge in [0.1, 0.15) is 5.69 Å². The van der Waals surface area contributed by atoms with Crippen LogP contribution in [-0.2, 0) is 9.53 Å². The van der Waals surface area contributed by atoms with Gasteiger partial charge in [-0.3, -0.25) is 20.2 Å². The Morgan fingerprint density at radius 2 is 1.83 bits per heavy atom. The van der Waals surface area contributed by atoms with Gasteiger partial charge in [0.05, 0.1) is 10.5 Å². The van der Waals surface area contributed by atoms with Crippen LogP contribution in [0.1, 0.15) is 50.9 Å². The number of nitrogens with one attached hydrogen (secondary N) is 2. The molecule has 1 aromatic carbocycles. The van der Waals surface area contributed by atoms with Crippen LogP contribution in [0.5, 0.6) is 0 Å². The molecular weight excluding hydrogens is 392 g/mol. The quantitative estimate of drug-likeness (QED) is 0.411. The molecule has 1 aromatic rings. The molecule has 1 fully saturated rings. The summed E-state index contributed by atoms with van der Waals surface area (Å²) in [6, 6.07) is 3.27. The Bertz CT molecular complexity index is 818. The number of esters is 1. The molecule has 1 aliphatic heterocycles. The number of anilines is 1. The first-order valence-electron chi connectivity index (χ1n) is 9.94. The number of hydrogen-bond donors (Lipinski definition) is 2. The molecule has 1 unspecified atom stereocenters. The van der Waals surface area contributed by atoms with Crippen LogP contribution in [-0.4, -0.2) is 48.1 Å². The zero-order valence-corrected chi connectivity index (χ0v) is 17.6. The summed E-state index contributed by atoms with van der Waals surface area (Å²) in [6.07, 6.45) is 0.633. The summed E-state index contributed by atoms with van der Waals surface area (Å²) in [5.74, 6) is -1.11. The summed E-state index contributed by atoms with van der Waals surface area (Å²) >= 11 is 0. The molecule has 164 valence electrons. The van der Waals surface area contributed by atoms with Crippen molar-refractivity contribution < 1.29 is 24.0 Å². The van der Waals surface area contributed by atoms with Gasteiger partial charge in [-0.05, 0) is 51.7 Å². The number of ether oxygens (including phenoxy) is 1. The van der Waals surface area contributed by atoms with Gasteiger partial charge in [-0.2, -0.15) is 0 Å². The van der Waals surface area contributed by atoms with Crippen molar-refractivity contribution in [3.63, 3.8) is 0 Å². The second-order valence-corrected chi connectivity index (χ2v) is 7.80. The van der Waals surface area contributed by atoms with Crippen LogP contribution in [0.25, 0.3) is 0 Å². The fraction of sp³-hybridized carbons (Fsp3) is 0.550. The third kappa shape index (κ3) is 6.16. The molecule has 30 heavy (non-hydrogen) atoms. The SMILES string of the molecule is CC1CCN(c2ccc(C(=O)OC(C)C(=O)NC(=O)NC(C)C)cc2[N+](=O)[O-])CC1. The van der Waals surface area contributed by atoms with E-state index in [-0.39, 0.29) is 17.3 Å². The van der Waals surface area contributed by atoms with Crippen molar-refractivity contribution in [2.45, 2.75) is 52.7 Å². The molecule has 0 radical (unpaired) electrons.